The maximum Gasteiger partial charge on any atom is 0.406 e. The molecule has 0 saturated heterocycles. The summed E-state index contributed by atoms with van der Waals surface area (Å²) in [4.78, 5) is 17.0. The minimum atomic E-state index is -4.41. The predicted molar refractivity (Wildman–Crippen MR) is 70.7 cm³/mol. The lowest BCUT2D eigenvalue weighted by molar-refractivity contribution is -0.140. The Labute approximate surface area is 116 Å². The standard InChI is InChI=1S/C13H18F3N3O/c1-3-8-19(9-13(14,15)16)12(20)10-6-5-7-18-11(10)17-4-2/h5-7H,3-4,8-9H2,1-2H3,(H,17,18). The van der Waals surface area contributed by atoms with Crippen molar-refractivity contribution < 1.29 is 18.0 Å². The lowest BCUT2D eigenvalue weighted by Gasteiger charge is -2.24. The molecule has 0 spiro atoms. The fraction of sp³-hybridized carbons (Fsp3) is 0.538. The molecule has 0 aliphatic heterocycles. The monoisotopic (exact) mass is 289 g/mol. The topological polar surface area (TPSA) is 45.2 Å². The van der Waals surface area contributed by atoms with Gasteiger partial charge in [-0.05, 0) is 25.5 Å². The molecule has 0 saturated carbocycles. The highest BCUT2D eigenvalue weighted by atomic mass is 19.4. The van der Waals surface area contributed by atoms with Crippen LogP contribution in [0.5, 0.6) is 0 Å². The van der Waals surface area contributed by atoms with Gasteiger partial charge in [-0.15, -0.1) is 0 Å². The molecule has 0 aliphatic rings. The van der Waals surface area contributed by atoms with Crippen LogP contribution in [-0.4, -0.2) is 41.6 Å². The Morgan fingerprint density at radius 1 is 1.40 bits per heavy atom. The number of rotatable bonds is 6. The Kier molecular flexibility index (Phi) is 5.79. The number of carbonyl (C=O) groups excluding carboxylic acids is 1. The van der Waals surface area contributed by atoms with Crippen molar-refractivity contribution in [3.8, 4) is 0 Å². The number of halogens is 3. The van der Waals surface area contributed by atoms with Crippen molar-refractivity contribution >= 4 is 11.7 Å². The van der Waals surface area contributed by atoms with E-state index in [1.165, 1.54) is 18.3 Å². The first-order chi connectivity index (χ1) is 9.39. The molecular formula is C13H18F3N3O. The van der Waals surface area contributed by atoms with E-state index in [1.807, 2.05) is 6.92 Å². The molecule has 0 fully saturated rings. The van der Waals surface area contributed by atoms with Crippen LogP contribution < -0.4 is 5.32 Å². The number of nitrogens with one attached hydrogen (secondary N) is 1. The molecule has 112 valence electrons. The van der Waals surface area contributed by atoms with Gasteiger partial charge in [-0.3, -0.25) is 4.79 Å². The van der Waals surface area contributed by atoms with Crippen molar-refractivity contribution in [2.75, 3.05) is 25.0 Å². The second kappa shape index (κ2) is 7.12. The van der Waals surface area contributed by atoms with Gasteiger partial charge in [0.2, 0.25) is 0 Å². The van der Waals surface area contributed by atoms with E-state index in [4.69, 9.17) is 0 Å². The third-order valence-corrected chi connectivity index (χ3v) is 2.53. The van der Waals surface area contributed by atoms with E-state index in [9.17, 15) is 18.0 Å². The zero-order valence-corrected chi connectivity index (χ0v) is 11.5. The SMILES string of the molecule is CCCN(CC(F)(F)F)C(=O)c1cccnc1NCC. The lowest BCUT2D eigenvalue weighted by Crippen LogP contribution is -2.39. The summed E-state index contributed by atoms with van der Waals surface area (Å²) in [7, 11) is 0. The van der Waals surface area contributed by atoms with Crippen molar-refractivity contribution in [2.45, 2.75) is 26.4 Å². The molecule has 0 atom stereocenters. The molecule has 1 N–H and O–H groups in total. The van der Waals surface area contributed by atoms with Gasteiger partial charge in [-0.2, -0.15) is 13.2 Å². The molecule has 1 heterocycles. The number of hydrogen-bond donors (Lipinski definition) is 1. The van der Waals surface area contributed by atoms with Gasteiger partial charge in [-0.25, -0.2) is 4.98 Å². The van der Waals surface area contributed by atoms with Crippen LogP contribution in [0.1, 0.15) is 30.6 Å². The van der Waals surface area contributed by atoms with Crippen LogP contribution in [0.15, 0.2) is 18.3 Å². The normalized spacial score (nSPS) is 11.2. The van der Waals surface area contributed by atoms with Gasteiger partial charge < -0.3 is 10.2 Å². The van der Waals surface area contributed by atoms with E-state index >= 15 is 0 Å². The molecule has 20 heavy (non-hydrogen) atoms. The summed E-state index contributed by atoms with van der Waals surface area (Å²) in [5.41, 5.74) is 0.159. The number of carbonyl (C=O) groups is 1. The van der Waals surface area contributed by atoms with Gasteiger partial charge in [0.25, 0.3) is 5.91 Å². The Morgan fingerprint density at radius 3 is 2.65 bits per heavy atom. The number of amides is 1. The molecule has 1 amide bonds. The number of nitrogens with zero attached hydrogens (tertiary/aromatic N) is 2. The minimum Gasteiger partial charge on any atom is -0.370 e. The quantitative estimate of drug-likeness (QED) is 0.875. The fourth-order valence-corrected chi connectivity index (χ4v) is 1.80. The van der Waals surface area contributed by atoms with Crippen molar-refractivity contribution in [3.63, 3.8) is 0 Å². The number of alkyl halides is 3. The maximum absolute atomic E-state index is 12.5. The second-order valence-corrected chi connectivity index (χ2v) is 4.27. The van der Waals surface area contributed by atoms with Crippen molar-refractivity contribution in [1.82, 2.24) is 9.88 Å². The molecule has 1 rings (SSSR count). The zero-order chi connectivity index (χ0) is 15.2. The van der Waals surface area contributed by atoms with E-state index in [2.05, 4.69) is 10.3 Å². The van der Waals surface area contributed by atoms with Gasteiger partial charge >= 0.3 is 6.18 Å². The summed E-state index contributed by atoms with van der Waals surface area (Å²) < 4.78 is 37.6. The van der Waals surface area contributed by atoms with Crippen LogP contribution in [0, 0.1) is 0 Å². The summed E-state index contributed by atoms with van der Waals surface area (Å²) in [6, 6.07) is 3.01. The van der Waals surface area contributed by atoms with Crippen LogP contribution in [0.3, 0.4) is 0 Å². The zero-order valence-electron chi connectivity index (χ0n) is 11.5. The van der Waals surface area contributed by atoms with Crippen molar-refractivity contribution in [1.29, 1.82) is 0 Å². The summed E-state index contributed by atoms with van der Waals surface area (Å²) in [5, 5.41) is 2.88. The Hall–Kier alpha value is -1.79. The molecule has 4 nitrogen and oxygen atoms in total. The number of pyridine rings is 1. The van der Waals surface area contributed by atoms with E-state index in [0.717, 1.165) is 4.90 Å². The summed E-state index contributed by atoms with van der Waals surface area (Å²) in [5.74, 6) is -0.350. The van der Waals surface area contributed by atoms with E-state index in [1.54, 1.807) is 6.92 Å². The van der Waals surface area contributed by atoms with Crippen LogP contribution in [0.25, 0.3) is 0 Å². The smallest absolute Gasteiger partial charge is 0.370 e. The third kappa shape index (κ3) is 4.71. The molecule has 0 aromatic carbocycles. The Morgan fingerprint density at radius 2 is 2.10 bits per heavy atom. The molecule has 0 unspecified atom stereocenters. The summed E-state index contributed by atoms with van der Waals surface area (Å²) in [6.45, 7) is 2.89. The van der Waals surface area contributed by atoms with E-state index in [0.29, 0.717) is 18.8 Å². The third-order valence-electron chi connectivity index (χ3n) is 2.53. The van der Waals surface area contributed by atoms with Crippen molar-refractivity contribution in [2.24, 2.45) is 0 Å². The fourth-order valence-electron chi connectivity index (χ4n) is 1.80. The number of anilines is 1. The highest BCUT2D eigenvalue weighted by Gasteiger charge is 2.33. The molecule has 7 heteroatoms. The van der Waals surface area contributed by atoms with Crippen LogP contribution in [0.2, 0.25) is 0 Å². The summed E-state index contributed by atoms with van der Waals surface area (Å²) in [6.07, 6.45) is -2.47. The number of aromatic nitrogens is 1. The average molecular weight is 289 g/mol. The van der Waals surface area contributed by atoms with Gasteiger partial charge in [0.1, 0.15) is 12.4 Å². The highest BCUT2D eigenvalue weighted by Crippen LogP contribution is 2.20. The van der Waals surface area contributed by atoms with E-state index in [-0.39, 0.29) is 12.1 Å². The molecular weight excluding hydrogens is 271 g/mol. The average Bonchev–Trinajstić information content (AvgIpc) is 2.37. The highest BCUT2D eigenvalue weighted by molar-refractivity contribution is 5.98. The first-order valence-corrected chi connectivity index (χ1v) is 6.44. The van der Waals surface area contributed by atoms with Gasteiger partial charge in [-0.1, -0.05) is 6.92 Å². The largest absolute Gasteiger partial charge is 0.406 e. The van der Waals surface area contributed by atoms with Crippen LogP contribution in [0.4, 0.5) is 19.0 Å². The van der Waals surface area contributed by atoms with Gasteiger partial charge in [0, 0.05) is 19.3 Å². The number of hydrogen-bond acceptors (Lipinski definition) is 3. The van der Waals surface area contributed by atoms with Gasteiger partial charge in [0.15, 0.2) is 0 Å². The van der Waals surface area contributed by atoms with Gasteiger partial charge in [0.05, 0.1) is 5.56 Å². The molecule has 0 bridgehead atoms. The van der Waals surface area contributed by atoms with Crippen LogP contribution >= 0.6 is 0 Å². The molecule has 0 aliphatic carbocycles. The maximum atomic E-state index is 12.5. The molecule has 1 aromatic rings. The van der Waals surface area contributed by atoms with Crippen LogP contribution in [-0.2, 0) is 0 Å². The minimum absolute atomic E-state index is 0.0544. The first kappa shape index (κ1) is 16.3. The molecule has 0 radical (unpaired) electrons. The lowest BCUT2D eigenvalue weighted by atomic mass is 10.2. The predicted octanol–water partition coefficient (Wildman–Crippen LogP) is 2.93. The Bertz CT molecular complexity index is 449. The Balaban J connectivity index is 3.00. The van der Waals surface area contributed by atoms with E-state index < -0.39 is 18.6 Å². The van der Waals surface area contributed by atoms with Crippen molar-refractivity contribution in [3.05, 3.63) is 23.9 Å². The first-order valence-electron chi connectivity index (χ1n) is 6.44. The second-order valence-electron chi connectivity index (χ2n) is 4.27. The summed E-state index contributed by atoms with van der Waals surface area (Å²) >= 11 is 0. The molecule has 1 aromatic heterocycles.